The SMILES string of the molecule is N#Cc1c(-c2ccccc2)nn(-c2cccc(Cl)c2)c1N. The minimum Gasteiger partial charge on any atom is -0.382 e. The molecule has 5 heteroatoms. The van der Waals surface area contributed by atoms with Gasteiger partial charge in [0.2, 0.25) is 0 Å². The molecule has 102 valence electrons. The van der Waals surface area contributed by atoms with Gasteiger partial charge in [0.05, 0.1) is 5.69 Å². The molecule has 0 amide bonds. The van der Waals surface area contributed by atoms with E-state index in [-0.39, 0.29) is 0 Å². The molecule has 2 aromatic carbocycles. The number of nitriles is 1. The standard InChI is InChI=1S/C16H11ClN4/c17-12-7-4-8-13(9-12)21-16(19)14(10-18)15(20-21)11-5-2-1-3-6-11/h1-9H,19H2. The van der Waals surface area contributed by atoms with Crippen LogP contribution in [0.4, 0.5) is 5.82 Å². The van der Waals surface area contributed by atoms with E-state index in [0.717, 1.165) is 11.3 Å². The van der Waals surface area contributed by atoms with Crippen molar-refractivity contribution in [2.45, 2.75) is 0 Å². The summed E-state index contributed by atoms with van der Waals surface area (Å²) in [4.78, 5) is 0. The highest BCUT2D eigenvalue weighted by atomic mass is 35.5. The number of rotatable bonds is 2. The number of anilines is 1. The van der Waals surface area contributed by atoms with E-state index >= 15 is 0 Å². The molecule has 1 aromatic heterocycles. The van der Waals surface area contributed by atoms with Gasteiger partial charge in [-0.25, -0.2) is 4.68 Å². The van der Waals surface area contributed by atoms with Crippen molar-refractivity contribution in [3.05, 3.63) is 65.2 Å². The maximum absolute atomic E-state index is 9.37. The third-order valence-corrected chi connectivity index (χ3v) is 3.37. The predicted molar refractivity (Wildman–Crippen MR) is 83.1 cm³/mol. The van der Waals surface area contributed by atoms with Gasteiger partial charge in [-0.1, -0.05) is 48.0 Å². The lowest BCUT2D eigenvalue weighted by Crippen LogP contribution is -2.02. The van der Waals surface area contributed by atoms with Crippen LogP contribution in [-0.4, -0.2) is 9.78 Å². The van der Waals surface area contributed by atoms with E-state index in [0.29, 0.717) is 22.1 Å². The van der Waals surface area contributed by atoms with Crippen molar-refractivity contribution in [1.29, 1.82) is 5.26 Å². The van der Waals surface area contributed by atoms with E-state index in [1.807, 2.05) is 42.5 Å². The molecular weight excluding hydrogens is 284 g/mol. The second-order valence-electron chi connectivity index (χ2n) is 4.48. The Morgan fingerprint density at radius 2 is 1.86 bits per heavy atom. The summed E-state index contributed by atoms with van der Waals surface area (Å²) < 4.78 is 1.53. The van der Waals surface area contributed by atoms with Gasteiger partial charge in [0.1, 0.15) is 23.1 Å². The van der Waals surface area contributed by atoms with Crippen molar-refractivity contribution >= 4 is 17.4 Å². The van der Waals surface area contributed by atoms with Gasteiger partial charge in [-0.05, 0) is 18.2 Å². The number of nitrogen functional groups attached to an aromatic ring is 1. The Morgan fingerprint density at radius 3 is 2.52 bits per heavy atom. The van der Waals surface area contributed by atoms with E-state index < -0.39 is 0 Å². The number of halogens is 1. The molecule has 21 heavy (non-hydrogen) atoms. The topological polar surface area (TPSA) is 67.6 Å². The first-order valence-corrected chi connectivity index (χ1v) is 6.68. The number of hydrogen-bond donors (Lipinski definition) is 1. The second-order valence-corrected chi connectivity index (χ2v) is 4.91. The molecule has 3 rings (SSSR count). The van der Waals surface area contributed by atoms with Crippen LogP contribution >= 0.6 is 11.6 Å². The summed E-state index contributed by atoms with van der Waals surface area (Å²) in [5.41, 5.74) is 8.57. The molecule has 0 unspecified atom stereocenters. The van der Waals surface area contributed by atoms with Crippen LogP contribution in [0.3, 0.4) is 0 Å². The van der Waals surface area contributed by atoms with Gasteiger partial charge in [-0.15, -0.1) is 0 Å². The van der Waals surface area contributed by atoms with Gasteiger partial charge in [0, 0.05) is 10.6 Å². The number of benzene rings is 2. The van der Waals surface area contributed by atoms with Gasteiger partial charge < -0.3 is 5.73 Å². The van der Waals surface area contributed by atoms with E-state index in [1.54, 1.807) is 12.1 Å². The highest BCUT2D eigenvalue weighted by molar-refractivity contribution is 6.30. The Hall–Kier alpha value is -2.77. The molecule has 3 aromatic rings. The van der Waals surface area contributed by atoms with Gasteiger partial charge >= 0.3 is 0 Å². The van der Waals surface area contributed by atoms with Crippen LogP contribution in [0.1, 0.15) is 5.56 Å². The molecule has 0 fully saturated rings. The van der Waals surface area contributed by atoms with Crippen molar-refractivity contribution in [2.75, 3.05) is 5.73 Å². The zero-order valence-corrected chi connectivity index (χ0v) is 11.7. The van der Waals surface area contributed by atoms with Gasteiger partial charge in [-0.2, -0.15) is 10.4 Å². The third-order valence-electron chi connectivity index (χ3n) is 3.13. The zero-order chi connectivity index (χ0) is 14.8. The summed E-state index contributed by atoms with van der Waals surface area (Å²) >= 11 is 6.00. The average molecular weight is 295 g/mol. The molecule has 0 saturated heterocycles. The van der Waals surface area contributed by atoms with Crippen molar-refractivity contribution < 1.29 is 0 Å². The Bertz CT molecular complexity index is 831. The van der Waals surface area contributed by atoms with Crippen LogP contribution in [0.25, 0.3) is 16.9 Å². The van der Waals surface area contributed by atoms with Crippen LogP contribution in [0.2, 0.25) is 5.02 Å². The molecule has 0 spiro atoms. The molecule has 4 nitrogen and oxygen atoms in total. The Balaban J connectivity index is 2.21. The quantitative estimate of drug-likeness (QED) is 0.784. The van der Waals surface area contributed by atoms with Crippen LogP contribution in [-0.2, 0) is 0 Å². The summed E-state index contributed by atoms with van der Waals surface area (Å²) in [6.07, 6.45) is 0. The fourth-order valence-corrected chi connectivity index (χ4v) is 2.33. The molecule has 0 atom stereocenters. The maximum Gasteiger partial charge on any atom is 0.145 e. The van der Waals surface area contributed by atoms with Crippen LogP contribution in [0.15, 0.2) is 54.6 Å². The smallest absolute Gasteiger partial charge is 0.145 e. The molecule has 0 aliphatic rings. The number of nitrogens with zero attached hydrogens (tertiary/aromatic N) is 3. The van der Waals surface area contributed by atoms with Crippen molar-refractivity contribution in [2.24, 2.45) is 0 Å². The Morgan fingerprint density at radius 1 is 1.10 bits per heavy atom. The Kier molecular flexibility index (Phi) is 3.35. The number of hydrogen-bond acceptors (Lipinski definition) is 3. The fourth-order valence-electron chi connectivity index (χ4n) is 2.14. The first-order valence-electron chi connectivity index (χ1n) is 6.30. The van der Waals surface area contributed by atoms with E-state index in [9.17, 15) is 5.26 Å². The first-order chi connectivity index (χ1) is 10.2. The molecule has 2 N–H and O–H groups in total. The predicted octanol–water partition coefficient (Wildman–Crippen LogP) is 3.65. The zero-order valence-electron chi connectivity index (χ0n) is 11.0. The summed E-state index contributed by atoms with van der Waals surface area (Å²) in [6.45, 7) is 0. The van der Waals surface area contributed by atoms with Gasteiger partial charge in [-0.3, -0.25) is 0 Å². The van der Waals surface area contributed by atoms with E-state index in [4.69, 9.17) is 17.3 Å². The summed E-state index contributed by atoms with van der Waals surface area (Å²) in [7, 11) is 0. The monoisotopic (exact) mass is 294 g/mol. The average Bonchev–Trinajstić information content (AvgIpc) is 2.85. The highest BCUT2D eigenvalue weighted by Crippen LogP contribution is 2.29. The summed E-state index contributed by atoms with van der Waals surface area (Å²) in [6, 6.07) is 18.8. The molecule has 0 bridgehead atoms. The van der Waals surface area contributed by atoms with E-state index in [1.165, 1.54) is 4.68 Å². The maximum atomic E-state index is 9.37. The second kappa shape index (κ2) is 5.31. The fraction of sp³-hybridized carbons (Fsp3) is 0. The van der Waals surface area contributed by atoms with Crippen molar-refractivity contribution in [1.82, 2.24) is 9.78 Å². The molecule has 0 aliphatic heterocycles. The molecule has 0 aliphatic carbocycles. The molecule has 0 saturated carbocycles. The lowest BCUT2D eigenvalue weighted by Gasteiger charge is -2.03. The lowest BCUT2D eigenvalue weighted by atomic mass is 10.1. The number of aromatic nitrogens is 2. The summed E-state index contributed by atoms with van der Waals surface area (Å²) in [5.74, 6) is 0.304. The van der Waals surface area contributed by atoms with Crippen LogP contribution < -0.4 is 5.73 Å². The molecule has 1 heterocycles. The van der Waals surface area contributed by atoms with Gasteiger partial charge in [0.25, 0.3) is 0 Å². The highest BCUT2D eigenvalue weighted by Gasteiger charge is 2.17. The lowest BCUT2D eigenvalue weighted by molar-refractivity contribution is 0.895. The van der Waals surface area contributed by atoms with Crippen molar-refractivity contribution in [3.63, 3.8) is 0 Å². The largest absolute Gasteiger partial charge is 0.382 e. The van der Waals surface area contributed by atoms with Gasteiger partial charge in [0.15, 0.2) is 0 Å². The Labute approximate surface area is 127 Å². The molecular formula is C16H11ClN4. The minimum atomic E-state index is 0.304. The minimum absolute atomic E-state index is 0.304. The van der Waals surface area contributed by atoms with Crippen molar-refractivity contribution in [3.8, 4) is 23.0 Å². The molecule has 0 radical (unpaired) electrons. The first kappa shape index (κ1) is 13.2. The van der Waals surface area contributed by atoms with Crippen LogP contribution in [0, 0.1) is 11.3 Å². The van der Waals surface area contributed by atoms with Crippen LogP contribution in [0.5, 0.6) is 0 Å². The summed E-state index contributed by atoms with van der Waals surface area (Å²) in [5, 5.41) is 14.4. The number of nitrogens with two attached hydrogens (primary N) is 1. The normalized spacial score (nSPS) is 10.3. The van der Waals surface area contributed by atoms with E-state index in [2.05, 4.69) is 11.2 Å². The third kappa shape index (κ3) is 2.35.